The summed E-state index contributed by atoms with van der Waals surface area (Å²) >= 11 is 13.5. The fraction of sp³-hybridized carbons (Fsp3) is 0.333. The van der Waals surface area contributed by atoms with E-state index in [1.54, 1.807) is 6.08 Å². The van der Waals surface area contributed by atoms with Gasteiger partial charge in [-0.1, -0.05) is 36.2 Å². The number of hydrogen-bond acceptors (Lipinski definition) is 4. The van der Waals surface area contributed by atoms with Gasteiger partial charge in [0.1, 0.15) is 5.82 Å². The van der Waals surface area contributed by atoms with Gasteiger partial charge in [0, 0.05) is 33.9 Å². The number of halogens is 3. The minimum Gasteiger partial charge on any atom is -0.369 e. The second-order valence-corrected chi connectivity index (χ2v) is 10.7. The molecule has 8 heteroatoms. The van der Waals surface area contributed by atoms with Gasteiger partial charge in [0.2, 0.25) is 0 Å². The van der Waals surface area contributed by atoms with Gasteiger partial charge in [0.15, 0.2) is 0 Å². The lowest BCUT2D eigenvalue weighted by Crippen LogP contribution is -2.45. The number of carbonyl (C=O) groups is 2. The van der Waals surface area contributed by atoms with E-state index in [2.05, 4.69) is 32.7 Å². The Morgan fingerprint density at radius 2 is 1.94 bits per heavy atom. The smallest absolute Gasteiger partial charge is 0.293 e. The fourth-order valence-electron chi connectivity index (χ4n) is 4.33. The Kier molecular flexibility index (Phi) is 6.07. The summed E-state index contributed by atoms with van der Waals surface area (Å²) in [5.74, 6) is -0.724. The number of hydrogen-bond donors (Lipinski definition) is 0. The molecule has 2 aliphatic rings. The maximum Gasteiger partial charge on any atom is 0.293 e. The van der Waals surface area contributed by atoms with Crippen LogP contribution < -0.4 is 4.90 Å². The predicted molar refractivity (Wildman–Crippen MR) is 130 cm³/mol. The molecule has 32 heavy (non-hydrogen) atoms. The lowest BCUT2D eigenvalue weighted by Gasteiger charge is -2.45. The van der Waals surface area contributed by atoms with Crippen molar-refractivity contribution in [3.8, 4) is 0 Å². The van der Waals surface area contributed by atoms with Crippen LogP contribution in [0, 0.1) is 5.82 Å². The topological polar surface area (TPSA) is 40.6 Å². The largest absolute Gasteiger partial charge is 0.369 e. The Balaban J connectivity index is 1.66. The average molecular weight is 493 g/mol. The summed E-state index contributed by atoms with van der Waals surface area (Å²) < 4.78 is 14.2. The van der Waals surface area contributed by atoms with Crippen LogP contribution in [0.3, 0.4) is 0 Å². The van der Waals surface area contributed by atoms with Crippen molar-refractivity contribution in [1.82, 2.24) is 4.90 Å². The van der Waals surface area contributed by atoms with Crippen LogP contribution in [-0.2, 0) is 11.3 Å². The number of amides is 2. The summed E-state index contributed by atoms with van der Waals surface area (Å²) in [6, 6.07) is 8.18. The molecule has 4 rings (SSSR count). The van der Waals surface area contributed by atoms with E-state index in [4.69, 9.17) is 23.2 Å². The fourth-order valence-corrected chi connectivity index (χ4v) is 5.60. The van der Waals surface area contributed by atoms with E-state index < -0.39 is 17.0 Å². The molecule has 2 amide bonds. The van der Waals surface area contributed by atoms with E-state index in [9.17, 15) is 14.0 Å². The van der Waals surface area contributed by atoms with E-state index in [0.29, 0.717) is 16.5 Å². The van der Waals surface area contributed by atoms with Gasteiger partial charge < -0.3 is 4.90 Å². The molecule has 2 aromatic carbocycles. The van der Waals surface area contributed by atoms with Gasteiger partial charge in [-0.05, 0) is 79.4 Å². The van der Waals surface area contributed by atoms with Crippen molar-refractivity contribution in [1.29, 1.82) is 0 Å². The number of fused-ring (bicyclic) bond motifs is 1. The first-order valence-corrected chi connectivity index (χ1v) is 11.8. The first-order valence-electron chi connectivity index (χ1n) is 10.2. The highest BCUT2D eigenvalue weighted by Gasteiger charge is 2.37. The Morgan fingerprint density at radius 3 is 2.62 bits per heavy atom. The van der Waals surface area contributed by atoms with Crippen molar-refractivity contribution in [3.63, 3.8) is 0 Å². The van der Waals surface area contributed by atoms with Crippen molar-refractivity contribution in [2.24, 2.45) is 0 Å². The number of benzene rings is 2. The van der Waals surface area contributed by atoms with E-state index in [0.717, 1.165) is 34.3 Å². The molecule has 0 saturated carbocycles. The van der Waals surface area contributed by atoms with Crippen molar-refractivity contribution >= 4 is 57.9 Å². The molecule has 1 saturated heterocycles. The minimum atomic E-state index is -0.556. The quantitative estimate of drug-likeness (QED) is 0.428. The second-order valence-electron chi connectivity index (χ2n) is 8.88. The number of anilines is 1. The van der Waals surface area contributed by atoms with Crippen LogP contribution in [-0.4, -0.2) is 28.6 Å². The lowest BCUT2D eigenvalue weighted by molar-refractivity contribution is -0.123. The molecular formula is C24H23Cl2FN2O2S. The van der Waals surface area contributed by atoms with Gasteiger partial charge in [0.25, 0.3) is 11.1 Å². The van der Waals surface area contributed by atoms with Gasteiger partial charge in [-0.25, -0.2) is 4.39 Å². The van der Waals surface area contributed by atoms with Gasteiger partial charge in [-0.2, -0.15) is 0 Å². The van der Waals surface area contributed by atoms with Gasteiger partial charge in [-0.3, -0.25) is 14.5 Å². The third kappa shape index (κ3) is 4.04. The minimum absolute atomic E-state index is 0.00784. The average Bonchev–Trinajstić information content (AvgIpc) is 2.97. The van der Waals surface area contributed by atoms with Crippen LogP contribution in [0.25, 0.3) is 6.08 Å². The summed E-state index contributed by atoms with van der Waals surface area (Å²) in [5, 5.41) is 0.209. The predicted octanol–water partition coefficient (Wildman–Crippen LogP) is 7.09. The lowest BCUT2D eigenvalue weighted by atomic mass is 9.80. The normalized spacial score (nSPS) is 21.5. The molecule has 0 spiro atoms. The van der Waals surface area contributed by atoms with Crippen LogP contribution in [0.15, 0.2) is 35.2 Å². The Labute approximate surface area is 201 Å². The van der Waals surface area contributed by atoms with Crippen molar-refractivity contribution < 1.29 is 14.0 Å². The van der Waals surface area contributed by atoms with Crippen LogP contribution >= 0.6 is 35.0 Å². The third-order valence-corrected chi connectivity index (χ3v) is 7.88. The highest BCUT2D eigenvalue weighted by Crippen LogP contribution is 2.45. The van der Waals surface area contributed by atoms with Gasteiger partial charge in [-0.15, -0.1) is 0 Å². The highest BCUT2D eigenvalue weighted by molar-refractivity contribution is 8.18. The highest BCUT2D eigenvalue weighted by atomic mass is 35.5. The summed E-state index contributed by atoms with van der Waals surface area (Å²) in [6.45, 7) is 6.36. The summed E-state index contributed by atoms with van der Waals surface area (Å²) in [7, 11) is 2.06. The zero-order chi connectivity index (χ0) is 23.4. The Morgan fingerprint density at radius 1 is 1.22 bits per heavy atom. The molecule has 0 bridgehead atoms. The van der Waals surface area contributed by atoms with Crippen molar-refractivity contribution in [2.75, 3.05) is 11.9 Å². The van der Waals surface area contributed by atoms with Crippen LogP contribution in [0.2, 0.25) is 10.0 Å². The number of thioether (sulfide) groups is 1. The Hall–Kier alpha value is -2.02. The number of carbonyl (C=O) groups excluding carboxylic acids is 2. The maximum atomic E-state index is 14.2. The molecule has 1 atom stereocenters. The van der Waals surface area contributed by atoms with Gasteiger partial charge in [0.05, 0.1) is 11.4 Å². The zero-order valence-electron chi connectivity index (χ0n) is 18.2. The summed E-state index contributed by atoms with van der Waals surface area (Å²) in [5.41, 5.74) is 3.02. The van der Waals surface area contributed by atoms with Crippen LogP contribution in [0.5, 0.6) is 0 Å². The maximum absolute atomic E-state index is 14.2. The molecule has 0 aliphatic carbocycles. The van der Waals surface area contributed by atoms with E-state index in [1.807, 2.05) is 12.1 Å². The first-order chi connectivity index (χ1) is 15.0. The molecule has 0 radical (unpaired) electrons. The van der Waals surface area contributed by atoms with E-state index >= 15 is 0 Å². The number of rotatable bonds is 3. The molecule has 0 aromatic heterocycles. The molecule has 1 unspecified atom stereocenters. The zero-order valence-corrected chi connectivity index (χ0v) is 20.5. The number of nitrogens with zero attached hydrogens (tertiary/aromatic N) is 2. The molecule has 2 aliphatic heterocycles. The van der Waals surface area contributed by atoms with Gasteiger partial charge >= 0.3 is 0 Å². The summed E-state index contributed by atoms with van der Waals surface area (Å²) in [6.07, 6.45) is 2.63. The van der Waals surface area contributed by atoms with Crippen LogP contribution in [0.4, 0.5) is 14.9 Å². The van der Waals surface area contributed by atoms with E-state index in [-0.39, 0.29) is 27.6 Å². The molecule has 0 N–H and O–H groups in total. The molecule has 2 aromatic rings. The molecule has 4 nitrogen and oxygen atoms in total. The standard InChI is InChI=1S/C24H23Cl2FN2O2S/c1-13-11-24(2,3)28(4)20-10-18(26)14(8-15(13)20)9-21-22(30)29(23(31)32-21)12-16-17(25)6-5-7-19(16)27/h5-10,13H,11-12H2,1-4H3/b21-9+. The van der Waals surface area contributed by atoms with Crippen molar-refractivity contribution in [3.05, 3.63) is 67.8 Å². The first kappa shape index (κ1) is 23.1. The second kappa shape index (κ2) is 8.40. The molecule has 168 valence electrons. The van der Waals surface area contributed by atoms with Crippen molar-refractivity contribution in [2.45, 2.75) is 45.2 Å². The third-order valence-electron chi connectivity index (χ3n) is 6.29. The SMILES string of the molecule is CC1CC(C)(C)N(C)c2cc(Cl)c(/C=C3/SC(=O)N(Cc4c(F)cccc4Cl)C3=O)cc21. The van der Waals surface area contributed by atoms with E-state index in [1.165, 1.54) is 18.2 Å². The molecule has 1 fully saturated rings. The number of imide groups is 1. The molecule has 2 heterocycles. The van der Waals surface area contributed by atoms with Crippen LogP contribution in [0.1, 0.15) is 49.8 Å². The monoisotopic (exact) mass is 492 g/mol. The molecular weight excluding hydrogens is 470 g/mol. The Bertz CT molecular complexity index is 1140. The summed E-state index contributed by atoms with van der Waals surface area (Å²) in [4.78, 5) is 28.9.